The lowest BCUT2D eigenvalue weighted by Gasteiger charge is -2.15. The van der Waals surface area contributed by atoms with Crippen LogP contribution in [0.15, 0.2) is 12.4 Å². The summed E-state index contributed by atoms with van der Waals surface area (Å²) in [7, 11) is 0. The van der Waals surface area contributed by atoms with Crippen LogP contribution in [0.5, 0.6) is 0 Å². The van der Waals surface area contributed by atoms with E-state index in [9.17, 15) is 4.79 Å². The fourth-order valence-corrected chi connectivity index (χ4v) is 2.00. The maximum atomic E-state index is 10.6. The minimum atomic E-state index is -0.936. The SMILES string of the molecule is NCC(CC(=O)O)c1c(Cl)cncc1Cl. The van der Waals surface area contributed by atoms with Crippen molar-refractivity contribution < 1.29 is 9.90 Å². The molecule has 3 N–H and O–H groups in total. The van der Waals surface area contributed by atoms with Crippen molar-refractivity contribution in [2.45, 2.75) is 12.3 Å². The van der Waals surface area contributed by atoms with Crippen LogP contribution in [0, 0.1) is 0 Å². The van der Waals surface area contributed by atoms with E-state index < -0.39 is 5.97 Å². The van der Waals surface area contributed by atoms with Crippen LogP contribution in [0.1, 0.15) is 17.9 Å². The fourth-order valence-electron chi connectivity index (χ4n) is 1.33. The van der Waals surface area contributed by atoms with Gasteiger partial charge in [0.25, 0.3) is 0 Å². The van der Waals surface area contributed by atoms with Crippen molar-refractivity contribution in [2.24, 2.45) is 5.73 Å². The molecule has 0 saturated heterocycles. The minimum Gasteiger partial charge on any atom is -0.481 e. The zero-order chi connectivity index (χ0) is 11.4. The summed E-state index contributed by atoms with van der Waals surface area (Å²) >= 11 is 11.8. The first-order valence-electron chi connectivity index (χ1n) is 4.27. The standard InChI is InChI=1S/C9H10Cl2N2O2/c10-6-3-13-4-7(11)9(6)5(2-12)1-8(14)15/h3-5H,1-2,12H2,(H,14,15). The highest BCUT2D eigenvalue weighted by Crippen LogP contribution is 2.31. The minimum absolute atomic E-state index is 0.0973. The van der Waals surface area contributed by atoms with Gasteiger partial charge in [-0.3, -0.25) is 9.78 Å². The molecular weight excluding hydrogens is 239 g/mol. The average Bonchev–Trinajstić information content (AvgIpc) is 2.15. The number of halogens is 2. The van der Waals surface area contributed by atoms with Crippen molar-refractivity contribution in [2.75, 3.05) is 6.54 Å². The Hall–Kier alpha value is -0.840. The third-order valence-corrected chi connectivity index (χ3v) is 2.61. The second-order valence-corrected chi connectivity index (χ2v) is 3.86. The predicted molar refractivity (Wildman–Crippen MR) is 58.3 cm³/mol. The Kier molecular flexibility index (Phi) is 4.32. The van der Waals surface area contributed by atoms with Crippen LogP contribution in [0.3, 0.4) is 0 Å². The maximum Gasteiger partial charge on any atom is 0.304 e. The van der Waals surface area contributed by atoms with Crippen LogP contribution in [0.25, 0.3) is 0 Å². The molecule has 4 nitrogen and oxygen atoms in total. The monoisotopic (exact) mass is 248 g/mol. The Bertz CT molecular complexity index is 351. The van der Waals surface area contributed by atoms with E-state index in [1.165, 1.54) is 12.4 Å². The van der Waals surface area contributed by atoms with E-state index >= 15 is 0 Å². The quantitative estimate of drug-likeness (QED) is 0.854. The van der Waals surface area contributed by atoms with E-state index in [4.69, 9.17) is 34.0 Å². The summed E-state index contributed by atoms with van der Waals surface area (Å²) < 4.78 is 0. The van der Waals surface area contributed by atoms with Gasteiger partial charge in [-0.25, -0.2) is 0 Å². The van der Waals surface area contributed by atoms with E-state index in [1.807, 2.05) is 0 Å². The molecule has 0 fully saturated rings. The zero-order valence-corrected chi connectivity index (χ0v) is 9.29. The first-order chi connectivity index (χ1) is 7.06. The molecule has 1 heterocycles. The largest absolute Gasteiger partial charge is 0.481 e. The van der Waals surface area contributed by atoms with Gasteiger partial charge >= 0.3 is 5.97 Å². The van der Waals surface area contributed by atoms with Crippen LogP contribution in [-0.4, -0.2) is 22.6 Å². The van der Waals surface area contributed by atoms with E-state index in [2.05, 4.69) is 4.98 Å². The van der Waals surface area contributed by atoms with Crippen LogP contribution in [0.2, 0.25) is 10.0 Å². The molecule has 82 valence electrons. The summed E-state index contributed by atoms with van der Waals surface area (Å²) in [5.74, 6) is -1.32. The van der Waals surface area contributed by atoms with E-state index in [1.54, 1.807) is 0 Å². The number of rotatable bonds is 4. The molecule has 0 spiro atoms. The van der Waals surface area contributed by atoms with Gasteiger partial charge in [-0.05, 0) is 12.1 Å². The molecule has 1 aromatic heterocycles. The van der Waals surface area contributed by atoms with Gasteiger partial charge in [0.15, 0.2) is 0 Å². The summed E-state index contributed by atoms with van der Waals surface area (Å²) in [6, 6.07) is 0. The molecule has 0 amide bonds. The molecule has 0 aliphatic heterocycles. The molecule has 0 aromatic carbocycles. The van der Waals surface area contributed by atoms with Gasteiger partial charge in [-0.15, -0.1) is 0 Å². The molecule has 15 heavy (non-hydrogen) atoms. The number of carboxylic acids is 1. The molecule has 0 saturated carbocycles. The number of carboxylic acid groups (broad SMARTS) is 1. The highest BCUT2D eigenvalue weighted by Gasteiger charge is 2.19. The van der Waals surface area contributed by atoms with Crippen molar-refractivity contribution in [3.63, 3.8) is 0 Å². The highest BCUT2D eigenvalue weighted by atomic mass is 35.5. The van der Waals surface area contributed by atoms with E-state index in [0.717, 1.165) is 0 Å². The molecule has 6 heteroatoms. The summed E-state index contributed by atoms with van der Waals surface area (Å²) in [6.07, 6.45) is 2.75. The number of pyridine rings is 1. The Morgan fingerprint density at radius 1 is 1.47 bits per heavy atom. The molecule has 0 aliphatic rings. The fraction of sp³-hybridized carbons (Fsp3) is 0.333. The summed E-state index contributed by atoms with van der Waals surface area (Å²) in [5.41, 5.74) is 6.04. The molecule has 0 radical (unpaired) electrons. The lowest BCUT2D eigenvalue weighted by molar-refractivity contribution is -0.137. The number of aliphatic carboxylic acids is 1. The molecule has 0 aliphatic carbocycles. The topological polar surface area (TPSA) is 76.2 Å². The Labute approximate surface area is 97.0 Å². The summed E-state index contributed by atoms with van der Waals surface area (Å²) in [4.78, 5) is 14.4. The van der Waals surface area contributed by atoms with Gasteiger partial charge in [0.1, 0.15) is 0 Å². The number of hydrogen-bond acceptors (Lipinski definition) is 3. The van der Waals surface area contributed by atoms with Crippen molar-refractivity contribution in [3.8, 4) is 0 Å². The number of nitrogens with zero attached hydrogens (tertiary/aromatic N) is 1. The van der Waals surface area contributed by atoms with Gasteiger partial charge in [0, 0.05) is 18.3 Å². The second-order valence-electron chi connectivity index (χ2n) is 3.05. The number of carbonyl (C=O) groups is 1. The van der Waals surface area contributed by atoms with Gasteiger partial charge < -0.3 is 10.8 Å². The predicted octanol–water partition coefficient (Wildman–Crippen LogP) is 1.91. The van der Waals surface area contributed by atoms with Crippen LogP contribution < -0.4 is 5.73 Å². The van der Waals surface area contributed by atoms with Gasteiger partial charge in [-0.2, -0.15) is 0 Å². The first-order valence-corrected chi connectivity index (χ1v) is 5.02. The second kappa shape index (κ2) is 5.30. The van der Waals surface area contributed by atoms with Crippen LogP contribution >= 0.6 is 23.2 Å². The first kappa shape index (κ1) is 12.2. The molecule has 1 aromatic rings. The number of hydrogen-bond donors (Lipinski definition) is 2. The highest BCUT2D eigenvalue weighted by molar-refractivity contribution is 6.35. The number of nitrogens with two attached hydrogens (primary N) is 1. The lowest BCUT2D eigenvalue weighted by atomic mass is 9.97. The lowest BCUT2D eigenvalue weighted by Crippen LogP contribution is -2.17. The zero-order valence-electron chi connectivity index (χ0n) is 7.78. The van der Waals surface area contributed by atoms with Crippen LogP contribution in [-0.2, 0) is 4.79 Å². The summed E-state index contributed by atoms with van der Waals surface area (Å²) in [5, 5.41) is 9.39. The molecule has 1 unspecified atom stereocenters. The van der Waals surface area contributed by atoms with E-state index in [-0.39, 0.29) is 18.9 Å². The van der Waals surface area contributed by atoms with Gasteiger partial charge in [-0.1, -0.05) is 23.2 Å². The third kappa shape index (κ3) is 3.06. The maximum absolute atomic E-state index is 10.6. The van der Waals surface area contributed by atoms with Crippen molar-refractivity contribution in [1.29, 1.82) is 0 Å². The molecular formula is C9H10Cl2N2O2. The average molecular weight is 249 g/mol. The Morgan fingerprint density at radius 3 is 2.40 bits per heavy atom. The number of aromatic nitrogens is 1. The van der Waals surface area contributed by atoms with Crippen molar-refractivity contribution in [1.82, 2.24) is 4.98 Å². The smallest absolute Gasteiger partial charge is 0.304 e. The van der Waals surface area contributed by atoms with E-state index in [0.29, 0.717) is 15.6 Å². The van der Waals surface area contributed by atoms with Crippen molar-refractivity contribution >= 4 is 29.2 Å². The van der Waals surface area contributed by atoms with Crippen LogP contribution in [0.4, 0.5) is 0 Å². The normalized spacial score (nSPS) is 12.5. The molecule has 1 atom stereocenters. The third-order valence-electron chi connectivity index (χ3n) is 2.00. The molecule has 0 bridgehead atoms. The van der Waals surface area contributed by atoms with Gasteiger partial charge in [0.05, 0.1) is 16.5 Å². The molecule has 1 rings (SSSR count). The Balaban J connectivity index is 3.05. The Morgan fingerprint density at radius 2 is 2.00 bits per heavy atom. The summed E-state index contributed by atoms with van der Waals surface area (Å²) in [6.45, 7) is 0.176. The van der Waals surface area contributed by atoms with Crippen molar-refractivity contribution in [3.05, 3.63) is 28.0 Å². The van der Waals surface area contributed by atoms with Gasteiger partial charge in [0.2, 0.25) is 0 Å².